The van der Waals surface area contributed by atoms with Gasteiger partial charge in [0.2, 0.25) is 5.91 Å². The summed E-state index contributed by atoms with van der Waals surface area (Å²) in [6.45, 7) is 7.97. The van der Waals surface area contributed by atoms with E-state index in [1.165, 1.54) is 4.90 Å². The lowest BCUT2D eigenvalue weighted by Gasteiger charge is -2.36. The second-order valence-electron chi connectivity index (χ2n) is 5.73. The number of halogens is 3. The fraction of sp³-hybridized carbons (Fsp3) is 0.923. The number of carbonyl (C=O) groups excluding carboxylic acids is 1. The van der Waals surface area contributed by atoms with Gasteiger partial charge in [0.25, 0.3) is 0 Å². The van der Waals surface area contributed by atoms with Crippen LogP contribution < -0.4 is 11.1 Å². The van der Waals surface area contributed by atoms with Crippen LogP contribution >= 0.6 is 0 Å². The van der Waals surface area contributed by atoms with Crippen LogP contribution in [0.2, 0.25) is 0 Å². The van der Waals surface area contributed by atoms with E-state index in [1.807, 2.05) is 13.8 Å². The molecule has 120 valence electrons. The number of hydrogen-bond acceptors (Lipinski definition) is 3. The van der Waals surface area contributed by atoms with Crippen molar-refractivity contribution < 1.29 is 18.0 Å². The molecule has 0 saturated carbocycles. The van der Waals surface area contributed by atoms with E-state index < -0.39 is 30.2 Å². The molecule has 1 amide bonds. The number of nitrogens with two attached hydrogens (primary N) is 1. The van der Waals surface area contributed by atoms with Crippen molar-refractivity contribution in [2.24, 2.45) is 5.73 Å². The second-order valence-corrected chi connectivity index (χ2v) is 5.73. The molecule has 2 unspecified atom stereocenters. The molecule has 0 aliphatic heterocycles. The Balaban J connectivity index is 4.89. The molecule has 0 aromatic carbocycles. The molecule has 3 N–H and O–H groups in total. The van der Waals surface area contributed by atoms with Crippen LogP contribution in [0.4, 0.5) is 13.2 Å². The van der Waals surface area contributed by atoms with Gasteiger partial charge in [-0.1, -0.05) is 6.92 Å². The monoisotopic (exact) mass is 297 g/mol. The lowest BCUT2D eigenvalue weighted by Crippen LogP contribution is -2.58. The summed E-state index contributed by atoms with van der Waals surface area (Å²) in [4.78, 5) is 12.9. The summed E-state index contributed by atoms with van der Waals surface area (Å²) in [7, 11) is 0. The van der Waals surface area contributed by atoms with Gasteiger partial charge < -0.3 is 11.1 Å². The third kappa shape index (κ3) is 6.56. The van der Waals surface area contributed by atoms with Crippen molar-refractivity contribution in [3.63, 3.8) is 0 Å². The molecule has 0 aliphatic rings. The zero-order chi connectivity index (χ0) is 16.1. The van der Waals surface area contributed by atoms with E-state index in [0.717, 1.165) is 0 Å². The Bertz CT molecular complexity index is 320. The predicted octanol–water partition coefficient (Wildman–Crippen LogP) is 1.89. The number of primary amides is 1. The molecule has 0 radical (unpaired) electrons. The number of carbonyl (C=O) groups is 1. The molecule has 0 aliphatic carbocycles. The first-order chi connectivity index (χ1) is 8.91. The third-order valence-corrected chi connectivity index (χ3v) is 3.27. The van der Waals surface area contributed by atoms with Crippen molar-refractivity contribution >= 4 is 5.91 Å². The number of nitrogens with one attached hydrogen (secondary N) is 1. The van der Waals surface area contributed by atoms with Crippen molar-refractivity contribution in [2.45, 2.75) is 64.8 Å². The molecule has 4 nitrogen and oxygen atoms in total. The maximum Gasteiger partial charge on any atom is 0.401 e. The third-order valence-electron chi connectivity index (χ3n) is 3.27. The number of nitrogens with zero attached hydrogens (tertiary/aromatic N) is 1. The van der Waals surface area contributed by atoms with Gasteiger partial charge in [-0.3, -0.25) is 9.69 Å². The minimum Gasteiger partial charge on any atom is -0.368 e. The zero-order valence-electron chi connectivity index (χ0n) is 12.8. The molecular weight excluding hydrogens is 271 g/mol. The topological polar surface area (TPSA) is 58.4 Å². The standard InChI is InChI=1S/C13H26F3N3O/c1-6-19(8-13(14,15)16)10(4)7-12(5,11(17)20)18-9(2)3/h9-10,18H,6-8H2,1-5H3,(H2,17,20). The van der Waals surface area contributed by atoms with Crippen LogP contribution in [0.3, 0.4) is 0 Å². The van der Waals surface area contributed by atoms with Crippen molar-refractivity contribution in [1.82, 2.24) is 10.2 Å². The van der Waals surface area contributed by atoms with Gasteiger partial charge in [0.1, 0.15) is 0 Å². The first-order valence-corrected chi connectivity index (χ1v) is 6.79. The van der Waals surface area contributed by atoms with Crippen LogP contribution in [-0.2, 0) is 4.79 Å². The minimum absolute atomic E-state index is 0.0115. The van der Waals surface area contributed by atoms with Crippen molar-refractivity contribution in [3.05, 3.63) is 0 Å². The Hall–Kier alpha value is -0.820. The highest BCUT2D eigenvalue weighted by Gasteiger charge is 2.37. The van der Waals surface area contributed by atoms with Gasteiger partial charge in [-0.25, -0.2) is 0 Å². The normalized spacial score (nSPS) is 17.3. The summed E-state index contributed by atoms with van der Waals surface area (Å²) in [6.07, 6.45) is -4.02. The smallest absolute Gasteiger partial charge is 0.368 e. The average molecular weight is 297 g/mol. The minimum atomic E-state index is -4.25. The summed E-state index contributed by atoms with van der Waals surface area (Å²) in [5.74, 6) is -0.555. The predicted molar refractivity (Wildman–Crippen MR) is 73.3 cm³/mol. The number of hydrogen-bond donors (Lipinski definition) is 2. The number of alkyl halides is 3. The fourth-order valence-corrected chi connectivity index (χ4v) is 2.40. The van der Waals surface area contributed by atoms with Crippen molar-refractivity contribution in [2.75, 3.05) is 13.1 Å². The summed E-state index contributed by atoms with van der Waals surface area (Å²) < 4.78 is 37.5. The van der Waals surface area contributed by atoms with Gasteiger partial charge in [-0.05, 0) is 40.7 Å². The van der Waals surface area contributed by atoms with E-state index >= 15 is 0 Å². The maximum atomic E-state index is 12.5. The molecule has 0 rings (SSSR count). The van der Waals surface area contributed by atoms with Crippen LogP contribution in [0.5, 0.6) is 0 Å². The van der Waals surface area contributed by atoms with E-state index in [2.05, 4.69) is 5.32 Å². The molecule has 0 aromatic heterocycles. The maximum absolute atomic E-state index is 12.5. The van der Waals surface area contributed by atoms with Gasteiger partial charge in [0.05, 0.1) is 12.1 Å². The molecule has 0 aromatic rings. The molecule has 7 heteroatoms. The SMILES string of the molecule is CCN(CC(F)(F)F)C(C)CC(C)(NC(C)C)C(N)=O. The summed E-state index contributed by atoms with van der Waals surface area (Å²) in [6, 6.07) is -0.400. The van der Waals surface area contributed by atoms with E-state index in [-0.39, 0.29) is 19.0 Å². The summed E-state index contributed by atoms with van der Waals surface area (Å²) in [5.41, 5.74) is 4.37. The van der Waals surface area contributed by atoms with E-state index in [0.29, 0.717) is 0 Å². The highest BCUT2D eigenvalue weighted by atomic mass is 19.4. The number of amides is 1. The second kappa shape index (κ2) is 7.26. The Morgan fingerprint density at radius 1 is 1.30 bits per heavy atom. The van der Waals surface area contributed by atoms with Crippen molar-refractivity contribution in [1.29, 1.82) is 0 Å². The van der Waals surface area contributed by atoms with E-state index in [1.54, 1.807) is 20.8 Å². The quantitative estimate of drug-likeness (QED) is 0.719. The van der Waals surface area contributed by atoms with Crippen LogP contribution in [0.1, 0.15) is 41.0 Å². The highest BCUT2D eigenvalue weighted by molar-refractivity contribution is 5.84. The highest BCUT2D eigenvalue weighted by Crippen LogP contribution is 2.22. The molecule has 0 spiro atoms. The van der Waals surface area contributed by atoms with Crippen LogP contribution in [0.25, 0.3) is 0 Å². The Morgan fingerprint density at radius 2 is 1.80 bits per heavy atom. The molecule has 2 atom stereocenters. The van der Waals surface area contributed by atoms with Gasteiger partial charge in [-0.15, -0.1) is 0 Å². The first-order valence-electron chi connectivity index (χ1n) is 6.79. The fourth-order valence-electron chi connectivity index (χ4n) is 2.40. The lowest BCUT2D eigenvalue weighted by molar-refractivity contribution is -0.151. The average Bonchev–Trinajstić information content (AvgIpc) is 2.22. The van der Waals surface area contributed by atoms with Crippen LogP contribution in [-0.4, -0.2) is 47.7 Å². The molecule has 0 fully saturated rings. The molecule has 20 heavy (non-hydrogen) atoms. The van der Waals surface area contributed by atoms with E-state index in [4.69, 9.17) is 5.73 Å². The van der Waals surface area contributed by atoms with Crippen LogP contribution in [0, 0.1) is 0 Å². The van der Waals surface area contributed by atoms with E-state index in [9.17, 15) is 18.0 Å². The van der Waals surface area contributed by atoms with Crippen LogP contribution in [0.15, 0.2) is 0 Å². The Morgan fingerprint density at radius 3 is 2.10 bits per heavy atom. The van der Waals surface area contributed by atoms with Crippen molar-refractivity contribution in [3.8, 4) is 0 Å². The zero-order valence-corrected chi connectivity index (χ0v) is 12.8. The van der Waals surface area contributed by atoms with Gasteiger partial charge in [0, 0.05) is 12.1 Å². The Kier molecular flexibility index (Phi) is 6.97. The number of rotatable bonds is 8. The molecule has 0 saturated heterocycles. The summed E-state index contributed by atoms with van der Waals surface area (Å²) in [5, 5.41) is 3.05. The molecular formula is C13H26F3N3O. The van der Waals surface area contributed by atoms with Gasteiger partial charge in [-0.2, -0.15) is 13.2 Å². The molecule has 0 bridgehead atoms. The largest absolute Gasteiger partial charge is 0.401 e. The Labute approximate surface area is 118 Å². The first kappa shape index (κ1) is 19.2. The lowest BCUT2D eigenvalue weighted by atomic mass is 9.91. The van der Waals surface area contributed by atoms with Gasteiger partial charge in [0.15, 0.2) is 0 Å². The molecule has 0 heterocycles. The summed E-state index contributed by atoms with van der Waals surface area (Å²) >= 11 is 0. The van der Waals surface area contributed by atoms with Gasteiger partial charge >= 0.3 is 6.18 Å².